The van der Waals surface area contributed by atoms with E-state index < -0.39 is 0 Å². The predicted molar refractivity (Wildman–Crippen MR) is 63.2 cm³/mol. The molecule has 0 spiro atoms. The highest BCUT2D eigenvalue weighted by Gasteiger charge is 2.14. The molecule has 0 heterocycles. The molecule has 0 N–H and O–H groups in total. The number of nitrogens with zero attached hydrogens (tertiary/aromatic N) is 4. The Balaban J connectivity index is 3.09. The number of halogens is 1. The van der Waals surface area contributed by atoms with E-state index >= 15 is 0 Å². The van der Waals surface area contributed by atoms with E-state index in [2.05, 4.69) is 31.1 Å². The van der Waals surface area contributed by atoms with Crippen LogP contribution in [0.25, 0.3) is 4.98 Å². The lowest BCUT2D eigenvalue weighted by atomic mass is 10.1. The molecule has 0 aliphatic heterocycles. The average Bonchev–Trinajstić information content (AvgIpc) is 2.14. The second-order valence-electron chi connectivity index (χ2n) is 4.10. The van der Waals surface area contributed by atoms with Crippen LogP contribution in [0.5, 0.6) is 0 Å². The SMILES string of the molecule is CC(C)(C)N=Nc1cc(Br)ccc1[N+]#N. The van der Waals surface area contributed by atoms with Crippen LogP contribution in [-0.2, 0) is 0 Å². The lowest BCUT2D eigenvalue weighted by molar-refractivity contribution is 0.552. The van der Waals surface area contributed by atoms with E-state index in [1.807, 2.05) is 20.8 Å². The second kappa shape index (κ2) is 4.49. The highest BCUT2D eigenvalue weighted by atomic mass is 79.9. The van der Waals surface area contributed by atoms with E-state index in [0.717, 1.165) is 4.47 Å². The molecule has 0 radical (unpaired) electrons. The first-order valence-electron chi connectivity index (χ1n) is 4.50. The number of diazo groups is 1. The largest absolute Gasteiger partial charge is 0.412 e. The molecule has 1 aromatic carbocycles. The summed E-state index contributed by atoms with van der Waals surface area (Å²) in [4.78, 5) is 3.14. The molecule has 0 aromatic heterocycles. The first-order chi connectivity index (χ1) is 6.92. The summed E-state index contributed by atoms with van der Waals surface area (Å²) in [6.45, 7) is 5.85. The van der Waals surface area contributed by atoms with Crippen LogP contribution in [0, 0.1) is 5.39 Å². The maximum atomic E-state index is 8.75. The Morgan fingerprint density at radius 1 is 1.33 bits per heavy atom. The van der Waals surface area contributed by atoms with Crippen LogP contribution in [0.3, 0.4) is 0 Å². The minimum Gasteiger partial charge on any atom is -0.183 e. The van der Waals surface area contributed by atoms with Crippen molar-refractivity contribution < 1.29 is 0 Å². The number of benzene rings is 1. The number of rotatable bonds is 1. The standard InChI is InChI=1S/C10H12BrN4/c1-10(2,3)15-14-9-6-7(11)4-5-8(9)13-12/h4-6H,1-3H3/q+1. The Morgan fingerprint density at radius 3 is 2.53 bits per heavy atom. The number of hydrogen-bond donors (Lipinski definition) is 0. The molecule has 0 unspecified atom stereocenters. The molecule has 1 rings (SSSR count). The lowest BCUT2D eigenvalue weighted by Crippen LogP contribution is -2.07. The summed E-state index contributed by atoms with van der Waals surface area (Å²) in [5.41, 5.74) is 0.711. The smallest absolute Gasteiger partial charge is 0.183 e. The number of azo groups is 1. The first kappa shape index (κ1) is 11.8. The third-order valence-electron chi connectivity index (χ3n) is 1.50. The lowest BCUT2D eigenvalue weighted by Gasteiger charge is -2.08. The average molecular weight is 268 g/mol. The fraction of sp³-hybridized carbons (Fsp3) is 0.400. The highest BCUT2D eigenvalue weighted by molar-refractivity contribution is 9.10. The topological polar surface area (TPSA) is 52.9 Å². The van der Waals surface area contributed by atoms with Crippen molar-refractivity contribution in [1.82, 2.24) is 0 Å². The molecule has 0 atom stereocenters. The summed E-state index contributed by atoms with van der Waals surface area (Å²) in [5, 5.41) is 16.9. The Labute approximate surface area is 97.2 Å². The van der Waals surface area contributed by atoms with Crippen LogP contribution in [0.1, 0.15) is 20.8 Å². The van der Waals surface area contributed by atoms with E-state index in [1.165, 1.54) is 0 Å². The summed E-state index contributed by atoms with van der Waals surface area (Å²) in [6.07, 6.45) is 0. The van der Waals surface area contributed by atoms with Gasteiger partial charge >= 0.3 is 5.69 Å². The fourth-order valence-corrected chi connectivity index (χ4v) is 1.21. The van der Waals surface area contributed by atoms with Crippen LogP contribution >= 0.6 is 15.9 Å². The fourth-order valence-electron chi connectivity index (χ4n) is 0.865. The molecule has 78 valence electrons. The van der Waals surface area contributed by atoms with Crippen LogP contribution < -0.4 is 0 Å². The molecule has 0 aliphatic rings. The summed E-state index contributed by atoms with van der Waals surface area (Å²) in [5.74, 6) is 0. The van der Waals surface area contributed by atoms with Gasteiger partial charge in [-0.1, -0.05) is 15.9 Å². The Hall–Kier alpha value is -1.28. The van der Waals surface area contributed by atoms with Crippen molar-refractivity contribution in [3.05, 3.63) is 27.6 Å². The summed E-state index contributed by atoms with van der Waals surface area (Å²) < 4.78 is 0.873. The maximum Gasteiger partial charge on any atom is 0.412 e. The van der Waals surface area contributed by atoms with Crippen molar-refractivity contribution in [2.24, 2.45) is 10.2 Å². The maximum absolute atomic E-state index is 8.75. The molecule has 1 aromatic rings. The third-order valence-corrected chi connectivity index (χ3v) is 2.00. The van der Waals surface area contributed by atoms with Crippen molar-refractivity contribution in [2.75, 3.05) is 0 Å². The summed E-state index contributed by atoms with van der Waals surface area (Å²) in [6, 6.07) is 5.20. The highest BCUT2D eigenvalue weighted by Crippen LogP contribution is 2.32. The van der Waals surface area contributed by atoms with Crippen LogP contribution in [0.4, 0.5) is 11.4 Å². The molecule has 15 heavy (non-hydrogen) atoms. The molecular weight excluding hydrogens is 256 g/mol. The van der Waals surface area contributed by atoms with Gasteiger partial charge in [-0.25, -0.2) is 0 Å². The van der Waals surface area contributed by atoms with Crippen LogP contribution in [0.2, 0.25) is 0 Å². The van der Waals surface area contributed by atoms with Gasteiger partial charge in [0.15, 0.2) is 10.7 Å². The normalized spacial score (nSPS) is 11.7. The van der Waals surface area contributed by atoms with Gasteiger partial charge in [0.1, 0.15) is 0 Å². The zero-order valence-electron chi connectivity index (χ0n) is 8.90. The molecule has 0 aliphatic carbocycles. The third kappa shape index (κ3) is 3.76. The minimum absolute atomic E-state index is 0.241. The van der Waals surface area contributed by atoms with Crippen molar-refractivity contribution in [1.29, 1.82) is 5.39 Å². The van der Waals surface area contributed by atoms with Gasteiger partial charge in [-0.2, -0.15) is 5.11 Å². The van der Waals surface area contributed by atoms with Gasteiger partial charge in [-0.05, 0) is 32.9 Å². The van der Waals surface area contributed by atoms with E-state index in [0.29, 0.717) is 11.4 Å². The molecule has 0 saturated carbocycles. The molecular formula is C10H12BrN4+. The van der Waals surface area contributed by atoms with E-state index in [9.17, 15) is 0 Å². The van der Waals surface area contributed by atoms with Gasteiger partial charge in [0, 0.05) is 10.5 Å². The molecule has 5 heteroatoms. The molecule has 0 amide bonds. The van der Waals surface area contributed by atoms with E-state index in [1.54, 1.807) is 18.2 Å². The van der Waals surface area contributed by atoms with Crippen molar-refractivity contribution in [3.63, 3.8) is 0 Å². The Bertz CT molecular complexity index is 426. The van der Waals surface area contributed by atoms with Crippen molar-refractivity contribution >= 4 is 27.3 Å². The van der Waals surface area contributed by atoms with E-state index in [-0.39, 0.29) is 5.54 Å². The van der Waals surface area contributed by atoms with Gasteiger partial charge in [-0.15, -0.1) is 5.11 Å². The van der Waals surface area contributed by atoms with Gasteiger partial charge in [-0.3, -0.25) is 0 Å². The molecule has 0 bridgehead atoms. The number of hydrogen-bond acceptors (Lipinski definition) is 3. The van der Waals surface area contributed by atoms with Gasteiger partial charge in [0.25, 0.3) is 0 Å². The predicted octanol–water partition coefficient (Wildman–Crippen LogP) is 4.82. The zero-order chi connectivity index (χ0) is 11.5. The summed E-state index contributed by atoms with van der Waals surface area (Å²) >= 11 is 3.32. The Morgan fingerprint density at radius 2 is 2.00 bits per heavy atom. The van der Waals surface area contributed by atoms with Crippen molar-refractivity contribution in [3.8, 4) is 0 Å². The second-order valence-corrected chi connectivity index (χ2v) is 5.02. The van der Waals surface area contributed by atoms with Gasteiger partial charge in [0.2, 0.25) is 5.39 Å². The molecule has 0 saturated heterocycles. The quantitative estimate of drug-likeness (QED) is 0.532. The summed E-state index contributed by atoms with van der Waals surface area (Å²) in [7, 11) is 0. The van der Waals surface area contributed by atoms with Crippen LogP contribution in [-0.4, -0.2) is 5.54 Å². The van der Waals surface area contributed by atoms with Crippen molar-refractivity contribution in [2.45, 2.75) is 26.3 Å². The first-order valence-corrected chi connectivity index (χ1v) is 5.29. The molecule has 4 nitrogen and oxygen atoms in total. The molecule has 0 fully saturated rings. The van der Waals surface area contributed by atoms with Crippen LogP contribution in [0.15, 0.2) is 32.9 Å². The van der Waals surface area contributed by atoms with Gasteiger partial charge in [0.05, 0.1) is 5.54 Å². The Kier molecular flexibility index (Phi) is 3.53. The zero-order valence-corrected chi connectivity index (χ0v) is 10.5. The monoisotopic (exact) mass is 267 g/mol. The van der Waals surface area contributed by atoms with E-state index in [4.69, 9.17) is 5.39 Å². The van der Waals surface area contributed by atoms with Gasteiger partial charge < -0.3 is 0 Å². The minimum atomic E-state index is -0.241.